The van der Waals surface area contributed by atoms with Crippen molar-refractivity contribution in [1.82, 2.24) is 10.3 Å². The Kier molecular flexibility index (Phi) is 10.4. The van der Waals surface area contributed by atoms with Gasteiger partial charge >= 0.3 is 12.0 Å². The summed E-state index contributed by atoms with van der Waals surface area (Å²) >= 11 is 5.41. The summed E-state index contributed by atoms with van der Waals surface area (Å²) in [6, 6.07) is 2.66. The van der Waals surface area contributed by atoms with Crippen LogP contribution in [0.2, 0.25) is 0 Å². The molecule has 0 aliphatic heterocycles. The molecule has 10 heteroatoms. The van der Waals surface area contributed by atoms with Crippen LogP contribution in [-0.4, -0.2) is 42.6 Å². The number of alkyl halides is 1. The molecule has 8 nitrogen and oxygen atoms in total. The van der Waals surface area contributed by atoms with E-state index in [2.05, 4.69) is 10.6 Å². The Balaban J connectivity index is 0.00000441. The van der Waals surface area contributed by atoms with Crippen LogP contribution >= 0.6 is 11.6 Å². The van der Waals surface area contributed by atoms with Crippen LogP contribution in [0.5, 0.6) is 0 Å². The Morgan fingerprint density at radius 3 is 2.82 bits per heavy atom. The summed E-state index contributed by atoms with van der Waals surface area (Å²) in [5.41, 5.74) is 0.407. The minimum atomic E-state index is -0.687. The van der Waals surface area contributed by atoms with Gasteiger partial charge in [-0.25, -0.2) is 14.2 Å². The van der Waals surface area contributed by atoms with Gasteiger partial charge in [0.05, 0.1) is 18.4 Å². The molecule has 0 aliphatic carbocycles. The largest absolute Gasteiger partial charge is 1.00 e. The summed E-state index contributed by atoms with van der Waals surface area (Å²) in [5, 5.41) is 5.57. The minimum absolute atomic E-state index is 0. The Bertz CT molecular complexity index is 518. The lowest BCUT2D eigenvalue weighted by Gasteiger charge is -2.12. The molecule has 0 saturated carbocycles. The first-order chi connectivity index (χ1) is 10.1. The van der Waals surface area contributed by atoms with Crippen molar-refractivity contribution in [3.8, 4) is 0 Å². The molecule has 1 rings (SSSR count). The molecule has 0 saturated heterocycles. The molecular weight excluding hydrogens is 427 g/mol. The fourth-order valence-electron chi connectivity index (χ4n) is 1.44. The monoisotopic (exact) mass is 442 g/mol. The number of rotatable bonds is 7. The molecule has 1 aromatic rings. The van der Waals surface area contributed by atoms with Crippen molar-refractivity contribution in [1.29, 1.82) is 0 Å². The van der Waals surface area contributed by atoms with E-state index in [1.165, 1.54) is 0 Å². The van der Waals surface area contributed by atoms with Crippen molar-refractivity contribution in [3.05, 3.63) is 35.0 Å². The third-order valence-electron chi connectivity index (χ3n) is 2.42. The molecule has 0 bridgehead atoms. The smallest absolute Gasteiger partial charge is 0.344 e. The molecule has 0 atom stereocenters. The van der Waals surface area contributed by atoms with Crippen LogP contribution in [0.25, 0.3) is 0 Å². The summed E-state index contributed by atoms with van der Waals surface area (Å²) in [6.45, 7) is 0.0613. The molecular formula is C12H16ClIN4O4. The van der Waals surface area contributed by atoms with Gasteiger partial charge in [0.25, 0.3) is 0 Å². The third kappa shape index (κ3) is 6.98. The average molecular weight is 443 g/mol. The highest BCUT2D eigenvalue weighted by atomic mass is 127. The topological polar surface area (TPSA) is 91.9 Å². The van der Waals surface area contributed by atoms with E-state index in [4.69, 9.17) is 16.3 Å². The Morgan fingerprint density at radius 1 is 1.50 bits per heavy atom. The molecule has 0 unspecified atom stereocenters. The van der Waals surface area contributed by atoms with Gasteiger partial charge in [0.1, 0.15) is 19.2 Å². The van der Waals surface area contributed by atoms with Crippen molar-refractivity contribution in [2.24, 2.45) is 12.3 Å². The van der Waals surface area contributed by atoms with Crippen LogP contribution in [0.4, 0.5) is 4.79 Å². The standard InChI is InChI=1S/C12H15ClN4O4.HI/c1-16-6-2-3-10(9-16)11(18)21-8-5-14-12(19)17(15-20)7-4-13;/h2-3,6,9H,4-5,7-8H2,1H3;1H. The Hall–Kier alpha value is -1.49. The average Bonchev–Trinajstić information content (AvgIpc) is 2.48. The zero-order valence-corrected chi connectivity index (χ0v) is 14.8. The van der Waals surface area contributed by atoms with Crippen molar-refractivity contribution in [2.45, 2.75) is 0 Å². The van der Waals surface area contributed by atoms with E-state index < -0.39 is 12.0 Å². The molecule has 0 aliphatic rings. The number of hydrogen-bond acceptors (Lipinski definition) is 5. The number of amides is 2. The van der Waals surface area contributed by atoms with Gasteiger partial charge in [-0.15, -0.1) is 16.5 Å². The molecule has 1 N–H and O–H groups in total. The van der Waals surface area contributed by atoms with Crippen LogP contribution in [0.1, 0.15) is 10.4 Å². The number of aromatic nitrogens is 1. The second-order valence-corrected chi connectivity index (χ2v) is 4.40. The van der Waals surface area contributed by atoms with Gasteiger partial charge in [-0.05, 0) is 6.07 Å². The molecule has 22 heavy (non-hydrogen) atoms. The summed E-state index contributed by atoms with van der Waals surface area (Å²) in [7, 11) is 1.79. The number of hydrogen-bond donors (Lipinski definition) is 1. The summed E-state index contributed by atoms with van der Waals surface area (Å²) in [6.07, 6.45) is 3.41. The van der Waals surface area contributed by atoms with E-state index in [9.17, 15) is 14.5 Å². The lowest BCUT2D eigenvalue weighted by molar-refractivity contribution is -0.671. The predicted molar refractivity (Wildman–Crippen MR) is 74.5 cm³/mol. The van der Waals surface area contributed by atoms with Crippen molar-refractivity contribution >= 4 is 23.6 Å². The Labute approximate surface area is 149 Å². The second kappa shape index (κ2) is 11.1. The normalized spacial score (nSPS) is 9.36. The predicted octanol–water partition coefficient (Wildman–Crippen LogP) is -2.40. The van der Waals surface area contributed by atoms with Gasteiger partial charge in [0, 0.05) is 11.9 Å². The zero-order chi connectivity index (χ0) is 15.7. The van der Waals surface area contributed by atoms with E-state index in [1.54, 1.807) is 36.1 Å². The maximum atomic E-state index is 11.7. The fourth-order valence-corrected chi connectivity index (χ4v) is 1.60. The number of pyridine rings is 1. The van der Waals surface area contributed by atoms with E-state index in [0.717, 1.165) is 0 Å². The van der Waals surface area contributed by atoms with Gasteiger partial charge < -0.3 is 34.0 Å². The highest BCUT2D eigenvalue weighted by molar-refractivity contribution is 6.18. The minimum Gasteiger partial charge on any atom is -1.00 e. The number of aryl methyl sites for hydroxylation is 1. The number of halogens is 2. The molecule has 0 aromatic carbocycles. The van der Waals surface area contributed by atoms with Gasteiger partial charge in [-0.1, -0.05) is 0 Å². The number of carbonyl (C=O) groups excluding carboxylic acids is 2. The first-order valence-electron chi connectivity index (χ1n) is 6.15. The van der Waals surface area contributed by atoms with E-state index in [-0.39, 0.29) is 49.6 Å². The van der Waals surface area contributed by atoms with E-state index in [1.807, 2.05) is 0 Å². The summed E-state index contributed by atoms with van der Waals surface area (Å²) < 4.78 is 6.71. The van der Waals surface area contributed by atoms with Crippen LogP contribution in [0, 0.1) is 4.91 Å². The lowest BCUT2D eigenvalue weighted by Crippen LogP contribution is -3.00. The van der Waals surface area contributed by atoms with Crippen molar-refractivity contribution < 1.29 is 42.9 Å². The quantitative estimate of drug-likeness (QED) is 0.0970. The number of nitroso groups, excluding NO2 is 1. The summed E-state index contributed by atoms with van der Waals surface area (Å²) in [4.78, 5) is 33.5. The summed E-state index contributed by atoms with van der Waals surface area (Å²) in [5.74, 6) is -0.398. The first kappa shape index (κ1) is 20.5. The fraction of sp³-hybridized carbons (Fsp3) is 0.417. The van der Waals surface area contributed by atoms with Crippen molar-refractivity contribution in [2.75, 3.05) is 25.6 Å². The number of esters is 1. The molecule has 1 aromatic heterocycles. The first-order valence-corrected chi connectivity index (χ1v) is 6.69. The molecule has 2 amide bonds. The molecule has 0 fully saturated rings. The van der Waals surface area contributed by atoms with Crippen LogP contribution in [0.15, 0.2) is 29.8 Å². The maximum Gasteiger partial charge on any atom is 0.344 e. The molecule has 122 valence electrons. The lowest BCUT2D eigenvalue weighted by atomic mass is 10.3. The third-order valence-corrected chi connectivity index (χ3v) is 2.59. The van der Waals surface area contributed by atoms with Crippen LogP contribution < -0.4 is 33.9 Å². The van der Waals surface area contributed by atoms with Crippen molar-refractivity contribution in [3.63, 3.8) is 0 Å². The number of nitrogens with zero attached hydrogens (tertiary/aromatic N) is 3. The number of urea groups is 1. The maximum absolute atomic E-state index is 11.7. The van der Waals surface area contributed by atoms with Gasteiger partial charge in [0.2, 0.25) is 0 Å². The van der Waals surface area contributed by atoms with E-state index in [0.29, 0.717) is 10.6 Å². The van der Waals surface area contributed by atoms with E-state index >= 15 is 0 Å². The SMILES string of the molecule is C[n+]1cccc(C(=O)OCCNC(=O)N(CCCl)N=O)c1.[I-]. The number of ether oxygens (including phenoxy) is 1. The van der Waals surface area contributed by atoms with Crippen LogP contribution in [-0.2, 0) is 11.8 Å². The number of carbonyl (C=O) groups is 2. The number of nitrogens with one attached hydrogen (secondary N) is 1. The molecule has 0 radical (unpaired) electrons. The Morgan fingerprint density at radius 2 is 2.23 bits per heavy atom. The molecule has 1 heterocycles. The van der Waals surface area contributed by atoms with Gasteiger partial charge in [-0.2, -0.15) is 5.01 Å². The zero-order valence-electron chi connectivity index (χ0n) is 11.9. The molecule has 0 spiro atoms. The highest BCUT2D eigenvalue weighted by Gasteiger charge is 2.13. The second-order valence-electron chi connectivity index (χ2n) is 4.02. The van der Waals surface area contributed by atoms with Gasteiger partial charge in [-0.3, -0.25) is 0 Å². The van der Waals surface area contributed by atoms with Gasteiger partial charge in [0.15, 0.2) is 12.4 Å². The van der Waals surface area contributed by atoms with Crippen LogP contribution in [0.3, 0.4) is 0 Å². The highest BCUT2D eigenvalue weighted by Crippen LogP contribution is 1.97.